The standard InChI is InChI=1S/C5H14NO2P3/c1-4(6(2)9)5(3-7)8-11-10/h3-5,11H,9-10H2,1-2H3/t4-,5?/m0/s1. The van der Waals surface area contributed by atoms with E-state index in [1.54, 1.807) is 0 Å². The van der Waals surface area contributed by atoms with Crippen molar-refractivity contribution in [1.29, 1.82) is 0 Å². The Bertz CT molecular complexity index is 122. The van der Waals surface area contributed by atoms with Crippen LogP contribution in [-0.2, 0) is 9.32 Å². The van der Waals surface area contributed by atoms with Gasteiger partial charge in [-0.3, -0.25) is 4.67 Å². The highest BCUT2D eigenvalue weighted by Gasteiger charge is 2.18. The maximum absolute atomic E-state index is 10.5. The number of likely N-dealkylation sites (N-methyl/N-ethyl adjacent to an activating group) is 1. The number of rotatable bonds is 5. The summed E-state index contributed by atoms with van der Waals surface area (Å²) in [5, 5.41) is 0. The van der Waals surface area contributed by atoms with E-state index in [0.29, 0.717) is 0 Å². The third-order valence-electron chi connectivity index (χ3n) is 1.46. The Hall–Kier alpha value is 0.880. The summed E-state index contributed by atoms with van der Waals surface area (Å²) in [7, 11) is 7.13. The Kier molecular flexibility index (Phi) is 6.91. The summed E-state index contributed by atoms with van der Waals surface area (Å²) in [6, 6.07) is 0.102. The molecule has 0 heterocycles. The largest absolute Gasteiger partial charge is 0.346 e. The van der Waals surface area contributed by atoms with Gasteiger partial charge in [-0.15, -0.1) is 0 Å². The highest BCUT2D eigenvalue weighted by atomic mass is 32.0. The molecule has 11 heavy (non-hydrogen) atoms. The van der Waals surface area contributed by atoms with Crippen molar-refractivity contribution in [2.45, 2.75) is 19.1 Å². The van der Waals surface area contributed by atoms with Gasteiger partial charge in [-0.2, -0.15) is 0 Å². The average Bonchev–Trinajstić information content (AvgIpc) is 1.98. The van der Waals surface area contributed by atoms with Gasteiger partial charge in [0.15, 0.2) is 6.29 Å². The van der Waals surface area contributed by atoms with Crippen molar-refractivity contribution in [3.05, 3.63) is 0 Å². The molecule has 4 unspecified atom stereocenters. The molecule has 3 nitrogen and oxygen atoms in total. The van der Waals surface area contributed by atoms with Crippen LogP contribution in [-0.4, -0.2) is 30.2 Å². The minimum atomic E-state index is -0.326. The van der Waals surface area contributed by atoms with E-state index < -0.39 is 0 Å². The SMILES string of the molecule is C[C@@H](C(C=O)OPP)N(C)P. The average molecular weight is 213 g/mol. The van der Waals surface area contributed by atoms with E-state index in [1.165, 1.54) is 0 Å². The quantitative estimate of drug-likeness (QED) is 0.505. The summed E-state index contributed by atoms with van der Waals surface area (Å²) in [5.74, 6) is 0. The van der Waals surface area contributed by atoms with Gasteiger partial charge in [0.25, 0.3) is 0 Å². The fraction of sp³-hybridized carbons (Fsp3) is 0.800. The van der Waals surface area contributed by atoms with Crippen LogP contribution in [0.15, 0.2) is 0 Å². The first-order chi connectivity index (χ1) is 5.13. The van der Waals surface area contributed by atoms with Crippen molar-refractivity contribution < 1.29 is 9.32 Å². The lowest BCUT2D eigenvalue weighted by atomic mass is 10.2. The Labute approximate surface area is 73.8 Å². The van der Waals surface area contributed by atoms with Crippen molar-refractivity contribution in [2.75, 3.05) is 7.05 Å². The van der Waals surface area contributed by atoms with Gasteiger partial charge < -0.3 is 9.32 Å². The van der Waals surface area contributed by atoms with E-state index in [0.717, 1.165) is 6.29 Å². The smallest absolute Gasteiger partial charge is 0.150 e. The van der Waals surface area contributed by atoms with Crippen LogP contribution in [0.3, 0.4) is 0 Å². The van der Waals surface area contributed by atoms with Crippen LogP contribution in [0.1, 0.15) is 6.92 Å². The van der Waals surface area contributed by atoms with Crippen molar-refractivity contribution in [2.24, 2.45) is 0 Å². The van der Waals surface area contributed by atoms with Crippen LogP contribution < -0.4 is 0 Å². The Morgan fingerprint density at radius 1 is 1.73 bits per heavy atom. The lowest BCUT2D eigenvalue weighted by Crippen LogP contribution is -2.34. The molecule has 0 fully saturated rings. The van der Waals surface area contributed by atoms with Crippen LogP contribution in [0, 0.1) is 0 Å². The molecule has 0 aliphatic carbocycles. The summed E-state index contributed by atoms with van der Waals surface area (Å²) in [5.41, 5.74) is 0. The molecule has 0 N–H and O–H groups in total. The molecule has 5 atom stereocenters. The van der Waals surface area contributed by atoms with Gasteiger partial charge in [0, 0.05) is 14.5 Å². The molecule has 6 heteroatoms. The highest BCUT2D eigenvalue weighted by Crippen LogP contribution is 2.25. The Morgan fingerprint density at radius 3 is 2.55 bits per heavy atom. The van der Waals surface area contributed by atoms with Gasteiger partial charge in [0.1, 0.15) is 6.10 Å². The number of hydrogen-bond acceptors (Lipinski definition) is 3. The number of hydrogen-bond donors (Lipinski definition) is 0. The summed E-state index contributed by atoms with van der Waals surface area (Å²) >= 11 is 0. The van der Waals surface area contributed by atoms with Crippen LogP contribution >= 0.6 is 26.8 Å². The van der Waals surface area contributed by atoms with Gasteiger partial charge in [-0.1, -0.05) is 18.3 Å². The molecule has 0 radical (unpaired) electrons. The van der Waals surface area contributed by atoms with E-state index in [1.807, 2.05) is 18.6 Å². The van der Waals surface area contributed by atoms with E-state index in [4.69, 9.17) is 4.52 Å². The van der Waals surface area contributed by atoms with Crippen LogP contribution in [0.5, 0.6) is 0 Å². The first-order valence-corrected chi connectivity index (χ1v) is 6.41. The minimum Gasteiger partial charge on any atom is -0.346 e. The van der Waals surface area contributed by atoms with Gasteiger partial charge in [-0.05, 0) is 14.0 Å². The molecular weight excluding hydrogens is 199 g/mol. The monoisotopic (exact) mass is 213 g/mol. The van der Waals surface area contributed by atoms with Crippen LogP contribution in [0.25, 0.3) is 0 Å². The number of carbonyl (C=O) groups excluding carboxylic acids is 1. The Balaban J connectivity index is 3.90. The number of nitrogens with zero attached hydrogens (tertiary/aromatic N) is 1. The molecule has 0 spiro atoms. The van der Waals surface area contributed by atoms with Gasteiger partial charge in [-0.25, -0.2) is 0 Å². The molecule has 0 bridgehead atoms. The van der Waals surface area contributed by atoms with Crippen molar-refractivity contribution >= 4 is 33.1 Å². The molecule has 0 saturated heterocycles. The van der Waals surface area contributed by atoms with Gasteiger partial charge >= 0.3 is 0 Å². The molecule has 0 aromatic heterocycles. The summed E-state index contributed by atoms with van der Waals surface area (Å²) in [6.45, 7) is 1.94. The molecule has 0 aromatic rings. The zero-order chi connectivity index (χ0) is 8.85. The lowest BCUT2D eigenvalue weighted by Gasteiger charge is -2.24. The fourth-order valence-corrected chi connectivity index (χ4v) is 1.60. The van der Waals surface area contributed by atoms with Crippen molar-refractivity contribution in [3.8, 4) is 0 Å². The first kappa shape index (κ1) is 11.9. The van der Waals surface area contributed by atoms with Crippen molar-refractivity contribution in [3.63, 3.8) is 0 Å². The molecule has 0 aromatic carbocycles. The molecule has 0 amide bonds. The van der Waals surface area contributed by atoms with E-state index in [-0.39, 0.29) is 20.6 Å². The van der Waals surface area contributed by atoms with Crippen LogP contribution in [0.2, 0.25) is 0 Å². The molecular formula is C5H14NO2P3. The molecule has 66 valence electrons. The predicted octanol–water partition coefficient (Wildman–Crippen LogP) is 1.06. The first-order valence-electron chi connectivity index (χ1n) is 3.17. The van der Waals surface area contributed by atoms with Gasteiger partial charge in [0.05, 0.1) is 0 Å². The molecule has 0 aliphatic rings. The molecule has 0 rings (SSSR count). The molecule has 0 saturated carbocycles. The third-order valence-corrected chi connectivity index (χ3v) is 2.74. The summed E-state index contributed by atoms with van der Waals surface area (Å²) in [4.78, 5) is 10.5. The Morgan fingerprint density at radius 2 is 2.27 bits per heavy atom. The summed E-state index contributed by atoms with van der Waals surface area (Å²) < 4.78 is 7.06. The highest BCUT2D eigenvalue weighted by molar-refractivity contribution is 8.00. The van der Waals surface area contributed by atoms with E-state index >= 15 is 0 Å². The van der Waals surface area contributed by atoms with Crippen molar-refractivity contribution in [1.82, 2.24) is 4.67 Å². The molecule has 0 aliphatic heterocycles. The third kappa shape index (κ3) is 4.45. The second-order valence-corrected chi connectivity index (χ2v) is 4.24. The number of aldehydes is 1. The second-order valence-electron chi connectivity index (χ2n) is 2.24. The second kappa shape index (κ2) is 6.40. The zero-order valence-electron chi connectivity index (χ0n) is 6.65. The zero-order valence-corrected chi connectivity index (χ0v) is 9.96. The topological polar surface area (TPSA) is 29.5 Å². The van der Waals surface area contributed by atoms with Crippen LogP contribution in [0.4, 0.5) is 0 Å². The lowest BCUT2D eigenvalue weighted by molar-refractivity contribution is -0.114. The fourth-order valence-electron chi connectivity index (χ4n) is 0.550. The maximum Gasteiger partial charge on any atom is 0.150 e. The minimum absolute atomic E-state index is 0.102. The van der Waals surface area contributed by atoms with E-state index in [9.17, 15) is 4.79 Å². The number of carbonyl (C=O) groups is 1. The van der Waals surface area contributed by atoms with Gasteiger partial charge in [0.2, 0.25) is 0 Å². The predicted molar refractivity (Wildman–Crippen MR) is 55.9 cm³/mol. The maximum atomic E-state index is 10.5. The summed E-state index contributed by atoms with van der Waals surface area (Å²) in [6.07, 6.45) is 0.510. The van der Waals surface area contributed by atoms with E-state index in [2.05, 4.69) is 18.3 Å². The normalized spacial score (nSPS) is 17.5.